The number of likely N-dealkylation sites (tertiary alicyclic amines) is 1. The van der Waals surface area contributed by atoms with Crippen LogP contribution in [0.5, 0.6) is 0 Å². The second-order valence-corrected chi connectivity index (χ2v) is 10.5. The average molecular weight is 440 g/mol. The van der Waals surface area contributed by atoms with E-state index in [9.17, 15) is 0 Å². The minimum absolute atomic E-state index is 0.978. The fourth-order valence-electron chi connectivity index (χ4n) is 6.80. The lowest BCUT2D eigenvalue weighted by atomic mass is 9.77. The van der Waals surface area contributed by atoms with Crippen molar-refractivity contribution in [3.63, 3.8) is 0 Å². The van der Waals surface area contributed by atoms with E-state index in [4.69, 9.17) is 0 Å². The van der Waals surface area contributed by atoms with Gasteiger partial charge in [0.25, 0.3) is 0 Å². The normalized spacial score (nSPS) is 19.9. The van der Waals surface area contributed by atoms with Crippen LogP contribution in [0.25, 0.3) is 32.6 Å². The molecule has 0 unspecified atom stereocenters. The highest BCUT2D eigenvalue weighted by Crippen LogP contribution is 2.36. The third kappa shape index (κ3) is 4.17. The maximum atomic E-state index is 4.44. The van der Waals surface area contributed by atoms with E-state index in [1.165, 1.54) is 103 Å². The van der Waals surface area contributed by atoms with Gasteiger partial charge in [-0.3, -0.25) is 4.98 Å². The first-order chi connectivity index (χ1) is 16.4. The monoisotopic (exact) mass is 439 g/mol. The molecule has 172 valence electrons. The summed E-state index contributed by atoms with van der Waals surface area (Å²) >= 11 is 0. The Hall–Kier alpha value is -2.39. The summed E-state index contributed by atoms with van der Waals surface area (Å²) in [6.07, 6.45) is 17.1. The van der Waals surface area contributed by atoms with Crippen molar-refractivity contribution in [2.24, 2.45) is 11.8 Å². The Labute approximate surface area is 197 Å². The van der Waals surface area contributed by atoms with Crippen molar-refractivity contribution >= 4 is 32.6 Å². The highest BCUT2D eigenvalue weighted by Gasteiger charge is 2.26. The molecule has 33 heavy (non-hydrogen) atoms. The summed E-state index contributed by atoms with van der Waals surface area (Å²) in [5, 5.41) is 5.26. The molecule has 0 spiro atoms. The number of benzene rings is 2. The number of fused-ring (bicyclic) bond motifs is 5. The van der Waals surface area contributed by atoms with Crippen molar-refractivity contribution in [2.45, 2.75) is 64.3 Å². The van der Waals surface area contributed by atoms with E-state index in [2.05, 4.69) is 56.9 Å². The molecule has 6 rings (SSSR count). The van der Waals surface area contributed by atoms with Crippen molar-refractivity contribution in [3.8, 4) is 0 Å². The number of hydrogen-bond donors (Lipinski definition) is 0. The largest absolute Gasteiger partial charge is 0.339 e. The van der Waals surface area contributed by atoms with Crippen LogP contribution < -0.4 is 0 Å². The van der Waals surface area contributed by atoms with Crippen LogP contribution in [0.3, 0.4) is 0 Å². The van der Waals surface area contributed by atoms with Crippen LogP contribution in [0.15, 0.2) is 54.9 Å². The van der Waals surface area contributed by atoms with Crippen LogP contribution in [0.1, 0.15) is 57.8 Å². The maximum absolute atomic E-state index is 4.44. The second-order valence-electron chi connectivity index (χ2n) is 10.5. The lowest BCUT2D eigenvalue weighted by Gasteiger charge is -2.37. The van der Waals surface area contributed by atoms with Crippen molar-refractivity contribution in [3.05, 3.63) is 54.9 Å². The molecule has 1 aliphatic heterocycles. The Balaban J connectivity index is 1.19. The molecule has 3 heterocycles. The number of aromatic nitrogens is 2. The molecule has 3 nitrogen and oxygen atoms in total. The number of rotatable bonds is 4. The van der Waals surface area contributed by atoms with E-state index >= 15 is 0 Å². The molecule has 0 radical (unpaired) electrons. The molecular formula is C30H37N3. The second kappa shape index (κ2) is 9.46. The van der Waals surface area contributed by atoms with Crippen LogP contribution in [-0.4, -0.2) is 34.1 Å². The van der Waals surface area contributed by atoms with Gasteiger partial charge in [0.2, 0.25) is 0 Å². The molecule has 2 fully saturated rings. The Morgan fingerprint density at radius 3 is 2.30 bits per heavy atom. The van der Waals surface area contributed by atoms with Gasteiger partial charge in [0, 0.05) is 52.7 Å². The van der Waals surface area contributed by atoms with Gasteiger partial charge in [0.15, 0.2) is 0 Å². The molecule has 2 aliphatic rings. The fourth-order valence-corrected chi connectivity index (χ4v) is 6.80. The molecule has 2 aromatic heterocycles. The fraction of sp³-hybridized carbons (Fsp3) is 0.500. The molecule has 0 atom stereocenters. The summed E-state index contributed by atoms with van der Waals surface area (Å²) in [6.45, 7) is 4.77. The van der Waals surface area contributed by atoms with Crippen LogP contribution in [0.4, 0.5) is 0 Å². The Morgan fingerprint density at radius 1 is 0.697 bits per heavy atom. The third-order valence-corrected chi connectivity index (χ3v) is 8.64. The van der Waals surface area contributed by atoms with Gasteiger partial charge in [-0.25, -0.2) is 0 Å². The van der Waals surface area contributed by atoms with Gasteiger partial charge in [-0.15, -0.1) is 0 Å². The predicted molar refractivity (Wildman–Crippen MR) is 140 cm³/mol. The number of para-hydroxylation sites is 1. The summed E-state index contributed by atoms with van der Waals surface area (Å²) in [6, 6.07) is 15.6. The summed E-state index contributed by atoms with van der Waals surface area (Å²) in [5.74, 6) is 1.98. The summed E-state index contributed by atoms with van der Waals surface area (Å²) in [7, 11) is 0. The molecule has 3 heteroatoms. The zero-order valence-electron chi connectivity index (χ0n) is 19.9. The first-order valence-electron chi connectivity index (χ1n) is 13.3. The van der Waals surface area contributed by atoms with E-state index in [0.29, 0.717) is 0 Å². The first-order valence-corrected chi connectivity index (χ1v) is 13.3. The van der Waals surface area contributed by atoms with Crippen LogP contribution in [0.2, 0.25) is 0 Å². The number of nitrogens with zero attached hydrogens (tertiary/aromatic N) is 3. The highest BCUT2D eigenvalue weighted by atomic mass is 15.2. The minimum atomic E-state index is 0.978. The maximum Gasteiger partial charge on any atom is 0.0498 e. The lowest BCUT2D eigenvalue weighted by Crippen LogP contribution is -2.38. The van der Waals surface area contributed by atoms with Gasteiger partial charge < -0.3 is 9.47 Å². The van der Waals surface area contributed by atoms with Crippen LogP contribution >= 0.6 is 0 Å². The van der Waals surface area contributed by atoms with E-state index in [0.717, 1.165) is 24.9 Å². The Bertz CT molecular complexity index is 1220. The van der Waals surface area contributed by atoms with Gasteiger partial charge in [0.05, 0.1) is 0 Å². The van der Waals surface area contributed by atoms with E-state index in [-0.39, 0.29) is 0 Å². The van der Waals surface area contributed by atoms with Gasteiger partial charge in [-0.05, 0) is 61.4 Å². The zero-order chi connectivity index (χ0) is 22.0. The predicted octanol–water partition coefficient (Wildman–Crippen LogP) is 7.42. The minimum Gasteiger partial charge on any atom is -0.339 e. The number of hydrogen-bond acceptors (Lipinski definition) is 2. The quantitative estimate of drug-likeness (QED) is 0.330. The smallest absolute Gasteiger partial charge is 0.0498 e. The van der Waals surface area contributed by atoms with Gasteiger partial charge in [0.1, 0.15) is 0 Å². The van der Waals surface area contributed by atoms with E-state index in [1.54, 1.807) is 0 Å². The lowest BCUT2D eigenvalue weighted by molar-refractivity contribution is 0.130. The third-order valence-electron chi connectivity index (χ3n) is 8.64. The van der Waals surface area contributed by atoms with Crippen molar-refractivity contribution in [1.29, 1.82) is 0 Å². The molecule has 0 N–H and O–H groups in total. The molecule has 1 saturated heterocycles. The molecule has 2 aromatic carbocycles. The Morgan fingerprint density at radius 2 is 1.45 bits per heavy atom. The molecule has 1 aliphatic carbocycles. The summed E-state index contributed by atoms with van der Waals surface area (Å²) < 4.78 is 2.55. The molecular weight excluding hydrogens is 402 g/mol. The molecule has 1 saturated carbocycles. The number of pyridine rings is 1. The topological polar surface area (TPSA) is 21.1 Å². The zero-order valence-corrected chi connectivity index (χ0v) is 19.9. The van der Waals surface area contributed by atoms with Crippen molar-refractivity contribution < 1.29 is 0 Å². The molecule has 0 bridgehead atoms. The standard InChI is InChI=1S/C30H37N3/c1-2-4-8-23(9-5-3-1)24-15-18-32(19-16-24)20-21-33-28-11-7-6-10-26(28)30-27-22-31-17-14-25(27)12-13-29(30)33/h6-7,10-14,17,22-24H,1-5,8-9,15-16,18-21H2. The van der Waals surface area contributed by atoms with Crippen LogP contribution in [0, 0.1) is 11.8 Å². The van der Waals surface area contributed by atoms with Gasteiger partial charge in [-0.1, -0.05) is 69.2 Å². The summed E-state index contributed by atoms with van der Waals surface area (Å²) in [5.41, 5.74) is 2.70. The van der Waals surface area contributed by atoms with Crippen molar-refractivity contribution in [2.75, 3.05) is 19.6 Å². The molecule has 0 amide bonds. The first kappa shape index (κ1) is 21.2. The van der Waals surface area contributed by atoms with Gasteiger partial charge in [-0.2, -0.15) is 0 Å². The molecule has 4 aromatic rings. The SMILES string of the molecule is c1ccc2c(c1)c1c3cnccc3ccc1n2CCN1CCC(C2CCCCCCC2)CC1. The van der Waals surface area contributed by atoms with Crippen molar-refractivity contribution in [1.82, 2.24) is 14.5 Å². The van der Waals surface area contributed by atoms with E-state index < -0.39 is 0 Å². The average Bonchev–Trinajstić information content (AvgIpc) is 3.17. The van der Waals surface area contributed by atoms with Crippen LogP contribution in [-0.2, 0) is 6.54 Å². The van der Waals surface area contributed by atoms with Gasteiger partial charge >= 0.3 is 0 Å². The summed E-state index contributed by atoms with van der Waals surface area (Å²) in [4.78, 5) is 7.16. The number of piperidine rings is 1. The van der Waals surface area contributed by atoms with E-state index in [1.807, 2.05) is 12.4 Å². The highest BCUT2D eigenvalue weighted by molar-refractivity contribution is 6.20. The Kier molecular flexibility index (Phi) is 6.07.